The molecule has 0 aliphatic rings. The minimum absolute atomic E-state index is 0.332. The molecular formula is C18H16N2O3. The van der Waals surface area contributed by atoms with Gasteiger partial charge in [-0.1, -0.05) is 18.2 Å². The molecule has 1 aromatic heterocycles. The van der Waals surface area contributed by atoms with E-state index in [2.05, 4.69) is 10.2 Å². The average Bonchev–Trinajstić information content (AvgIpc) is 3.07. The molecule has 0 saturated heterocycles. The van der Waals surface area contributed by atoms with Crippen LogP contribution in [-0.4, -0.2) is 22.8 Å². The van der Waals surface area contributed by atoms with E-state index in [1.807, 2.05) is 54.6 Å². The SMILES string of the molecule is CCOC(=O)c1cc(-c2ccc(Oc3ccccc3)cc2)n[nH]1. The third kappa shape index (κ3) is 3.58. The summed E-state index contributed by atoms with van der Waals surface area (Å²) in [5, 5.41) is 6.82. The van der Waals surface area contributed by atoms with Crippen molar-refractivity contribution >= 4 is 5.97 Å². The van der Waals surface area contributed by atoms with Gasteiger partial charge >= 0.3 is 5.97 Å². The molecule has 3 rings (SSSR count). The van der Waals surface area contributed by atoms with Gasteiger partial charge in [-0.05, 0) is 49.4 Å². The Hall–Kier alpha value is -3.08. The maximum absolute atomic E-state index is 11.6. The van der Waals surface area contributed by atoms with Gasteiger partial charge in [-0.2, -0.15) is 5.10 Å². The molecule has 0 saturated carbocycles. The van der Waals surface area contributed by atoms with Crippen LogP contribution in [0.4, 0.5) is 0 Å². The number of ether oxygens (including phenoxy) is 2. The number of carbonyl (C=O) groups is 1. The fourth-order valence-corrected chi connectivity index (χ4v) is 2.10. The van der Waals surface area contributed by atoms with Crippen LogP contribution >= 0.6 is 0 Å². The molecule has 116 valence electrons. The van der Waals surface area contributed by atoms with Crippen molar-refractivity contribution in [3.05, 3.63) is 66.4 Å². The van der Waals surface area contributed by atoms with Gasteiger partial charge in [-0.25, -0.2) is 4.79 Å². The molecule has 1 N–H and O–H groups in total. The van der Waals surface area contributed by atoms with Crippen LogP contribution in [0.3, 0.4) is 0 Å². The lowest BCUT2D eigenvalue weighted by Crippen LogP contribution is -2.04. The highest BCUT2D eigenvalue weighted by atomic mass is 16.5. The maximum atomic E-state index is 11.6. The van der Waals surface area contributed by atoms with Gasteiger partial charge < -0.3 is 9.47 Å². The van der Waals surface area contributed by atoms with E-state index in [-0.39, 0.29) is 0 Å². The quantitative estimate of drug-likeness (QED) is 0.722. The highest BCUT2D eigenvalue weighted by Crippen LogP contribution is 2.25. The minimum atomic E-state index is -0.407. The summed E-state index contributed by atoms with van der Waals surface area (Å²) in [6, 6.07) is 18.8. The molecule has 0 amide bonds. The first-order valence-corrected chi connectivity index (χ1v) is 7.32. The Labute approximate surface area is 133 Å². The zero-order valence-electron chi connectivity index (χ0n) is 12.7. The Morgan fingerprint density at radius 1 is 1.04 bits per heavy atom. The number of nitrogens with zero attached hydrogens (tertiary/aromatic N) is 1. The molecule has 2 aromatic carbocycles. The third-order valence-electron chi connectivity index (χ3n) is 3.20. The molecule has 5 heteroatoms. The molecule has 0 fully saturated rings. The zero-order chi connectivity index (χ0) is 16.1. The average molecular weight is 308 g/mol. The summed E-state index contributed by atoms with van der Waals surface area (Å²) in [7, 11) is 0. The second-order valence-corrected chi connectivity index (χ2v) is 4.83. The first-order chi connectivity index (χ1) is 11.3. The van der Waals surface area contributed by atoms with Crippen molar-refractivity contribution < 1.29 is 14.3 Å². The first-order valence-electron chi connectivity index (χ1n) is 7.32. The number of hydrogen-bond donors (Lipinski definition) is 1. The van der Waals surface area contributed by atoms with E-state index in [0.29, 0.717) is 18.0 Å². The second-order valence-electron chi connectivity index (χ2n) is 4.83. The summed E-state index contributed by atoms with van der Waals surface area (Å²) >= 11 is 0. The first kappa shape index (κ1) is 14.8. The normalized spacial score (nSPS) is 10.3. The number of H-pyrrole nitrogens is 1. The van der Waals surface area contributed by atoms with E-state index >= 15 is 0 Å². The van der Waals surface area contributed by atoms with Crippen LogP contribution in [-0.2, 0) is 4.74 Å². The van der Waals surface area contributed by atoms with Crippen LogP contribution in [0.15, 0.2) is 60.7 Å². The van der Waals surface area contributed by atoms with Crippen LogP contribution in [0.5, 0.6) is 11.5 Å². The van der Waals surface area contributed by atoms with Gasteiger partial charge in [-0.3, -0.25) is 5.10 Å². The van der Waals surface area contributed by atoms with Crippen molar-refractivity contribution in [1.29, 1.82) is 0 Å². The number of esters is 1. The van der Waals surface area contributed by atoms with Crippen molar-refractivity contribution in [3.63, 3.8) is 0 Å². The van der Waals surface area contributed by atoms with Crippen LogP contribution in [0.25, 0.3) is 11.3 Å². The predicted molar refractivity (Wildman–Crippen MR) is 86.5 cm³/mol. The van der Waals surface area contributed by atoms with E-state index in [1.54, 1.807) is 13.0 Å². The van der Waals surface area contributed by atoms with Gasteiger partial charge in [-0.15, -0.1) is 0 Å². The molecule has 0 radical (unpaired) electrons. The van der Waals surface area contributed by atoms with Crippen molar-refractivity contribution in [2.24, 2.45) is 0 Å². The van der Waals surface area contributed by atoms with Gasteiger partial charge in [0.1, 0.15) is 17.2 Å². The molecule has 0 aliphatic heterocycles. The minimum Gasteiger partial charge on any atom is -0.461 e. The maximum Gasteiger partial charge on any atom is 0.356 e. The van der Waals surface area contributed by atoms with E-state index in [9.17, 15) is 4.79 Å². The van der Waals surface area contributed by atoms with Crippen molar-refractivity contribution in [3.8, 4) is 22.8 Å². The van der Waals surface area contributed by atoms with Crippen molar-refractivity contribution in [1.82, 2.24) is 10.2 Å². The lowest BCUT2D eigenvalue weighted by atomic mass is 10.1. The lowest BCUT2D eigenvalue weighted by molar-refractivity contribution is 0.0519. The van der Waals surface area contributed by atoms with Crippen LogP contribution in [0.1, 0.15) is 17.4 Å². The summed E-state index contributed by atoms with van der Waals surface area (Å²) in [4.78, 5) is 11.6. The van der Waals surface area contributed by atoms with E-state index in [1.165, 1.54) is 0 Å². The highest BCUT2D eigenvalue weighted by molar-refractivity contribution is 5.88. The number of benzene rings is 2. The smallest absolute Gasteiger partial charge is 0.356 e. The van der Waals surface area contributed by atoms with Crippen LogP contribution in [0, 0.1) is 0 Å². The van der Waals surface area contributed by atoms with Gasteiger partial charge in [0.05, 0.1) is 12.3 Å². The monoisotopic (exact) mass is 308 g/mol. The molecule has 0 bridgehead atoms. The Balaban J connectivity index is 1.73. The standard InChI is InChI=1S/C18H16N2O3/c1-2-22-18(21)17-12-16(19-20-17)13-8-10-15(11-9-13)23-14-6-4-3-5-7-14/h3-12H,2H2,1H3,(H,19,20). The summed E-state index contributed by atoms with van der Waals surface area (Å²) in [6.45, 7) is 2.10. The van der Waals surface area contributed by atoms with Gasteiger partial charge in [0.25, 0.3) is 0 Å². The van der Waals surface area contributed by atoms with Gasteiger partial charge in [0.15, 0.2) is 0 Å². The molecule has 0 unspecified atom stereocenters. The molecule has 0 spiro atoms. The number of aromatic amines is 1. The molecular weight excluding hydrogens is 292 g/mol. The van der Waals surface area contributed by atoms with Crippen molar-refractivity contribution in [2.45, 2.75) is 6.92 Å². The summed E-state index contributed by atoms with van der Waals surface area (Å²) in [5.41, 5.74) is 1.91. The van der Waals surface area contributed by atoms with E-state index in [0.717, 1.165) is 17.1 Å². The Kier molecular flexibility index (Phi) is 4.38. The molecule has 3 aromatic rings. The van der Waals surface area contributed by atoms with Crippen LogP contribution in [0.2, 0.25) is 0 Å². The summed E-state index contributed by atoms with van der Waals surface area (Å²) < 4.78 is 10.7. The third-order valence-corrected chi connectivity index (χ3v) is 3.20. The number of aromatic nitrogens is 2. The number of nitrogens with one attached hydrogen (secondary N) is 1. The predicted octanol–water partition coefficient (Wildman–Crippen LogP) is 4.05. The van der Waals surface area contributed by atoms with Crippen LogP contribution < -0.4 is 4.74 Å². The Morgan fingerprint density at radius 3 is 2.43 bits per heavy atom. The highest BCUT2D eigenvalue weighted by Gasteiger charge is 2.11. The Bertz CT molecular complexity index is 780. The number of rotatable bonds is 5. The lowest BCUT2D eigenvalue weighted by Gasteiger charge is -2.05. The topological polar surface area (TPSA) is 64.2 Å². The molecule has 23 heavy (non-hydrogen) atoms. The fraction of sp³-hybridized carbons (Fsp3) is 0.111. The van der Waals surface area contributed by atoms with Gasteiger partial charge in [0, 0.05) is 5.56 Å². The fourth-order valence-electron chi connectivity index (χ4n) is 2.10. The largest absolute Gasteiger partial charge is 0.461 e. The zero-order valence-corrected chi connectivity index (χ0v) is 12.7. The van der Waals surface area contributed by atoms with E-state index in [4.69, 9.17) is 9.47 Å². The van der Waals surface area contributed by atoms with Crippen molar-refractivity contribution in [2.75, 3.05) is 6.61 Å². The van der Waals surface area contributed by atoms with Gasteiger partial charge in [0.2, 0.25) is 0 Å². The second kappa shape index (κ2) is 6.79. The summed E-state index contributed by atoms with van der Waals surface area (Å²) in [6.07, 6.45) is 0. The number of para-hydroxylation sites is 1. The molecule has 1 heterocycles. The Morgan fingerprint density at radius 2 is 1.74 bits per heavy atom. The molecule has 0 aliphatic carbocycles. The number of carbonyl (C=O) groups excluding carboxylic acids is 1. The summed E-state index contributed by atoms with van der Waals surface area (Å²) in [5.74, 6) is 1.11. The number of hydrogen-bond acceptors (Lipinski definition) is 4. The van der Waals surface area contributed by atoms with E-state index < -0.39 is 5.97 Å². The molecule has 5 nitrogen and oxygen atoms in total. The molecule has 0 atom stereocenters.